The van der Waals surface area contributed by atoms with Crippen molar-refractivity contribution >= 4 is 23.9 Å². The summed E-state index contributed by atoms with van der Waals surface area (Å²) in [5.74, 6) is -1.83. The predicted octanol–water partition coefficient (Wildman–Crippen LogP) is 6.10. The monoisotopic (exact) mass is 667 g/mol. The van der Waals surface area contributed by atoms with Gasteiger partial charge >= 0.3 is 12.1 Å². The minimum atomic E-state index is -1.37. The van der Waals surface area contributed by atoms with Crippen molar-refractivity contribution in [1.29, 1.82) is 0 Å². The molecule has 2 aromatic carbocycles. The summed E-state index contributed by atoms with van der Waals surface area (Å²) in [6, 6.07) is 11.3. The van der Waals surface area contributed by atoms with Crippen LogP contribution in [0.1, 0.15) is 109 Å². The van der Waals surface area contributed by atoms with E-state index in [4.69, 9.17) is 9.47 Å². The molecule has 0 aliphatic heterocycles. The Morgan fingerprint density at radius 3 is 1.92 bits per heavy atom. The Labute approximate surface area is 287 Å². The van der Waals surface area contributed by atoms with Crippen LogP contribution in [0.3, 0.4) is 0 Å². The molecule has 3 N–H and O–H groups in total. The minimum Gasteiger partial charge on any atom is -0.458 e. The van der Waals surface area contributed by atoms with Crippen molar-refractivity contribution < 1.29 is 33.8 Å². The number of carbonyl (C=O) groups excluding carboxylic acids is 4. The van der Waals surface area contributed by atoms with Gasteiger partial charge in [0.15, 0.2) is 0 Å². The fraction of sp³-hybridized carbons (Fsp3) is 0.579. The molecule has 266 valence electrons. The Morgan fingerprint density at radius 1 is 0.792 bits per heavy atom. The summed E-state index contributed by atoms with van der Waals surface area (Å²) in [5.41, 5.74) is 1.51. The molecule has 48 heavy (non-hydrogen) atoms. The van der Waals surface area contributed by atoms with E-state index in [1.807, 2.05) is 62.4 Å². The van der Waals surface area contributed by atoms with Crippen LogP contribution in [0, 0.1) is 13.8 Å². The number of aliphatic hydroxyl groups is 1. The minimum absolute atomic E-state index is 0.172. The highest BCUT2D eigenvalue weighted by Crippen LogP contribution is 2.27. The Balaban J connectivity index is 2.62. The van der Waals surface area contributed by atoms with Gasteiger partial charge in [0.05, 0.1) is 6.61 Å². The number of hydrogen-bond donors (Lipinski definition) is 3. The molecule has 3 amide bonds. The number of hydrogen-bond acceptors (Lipinski definition) is 7. The molecule has 2 rings (SSSR count). The Hall–Kier alpha value is -3.92. The van der Waals surface area contributed by atoms with Crippen molar-refractivity contribution in [2.24, 2.45) is 0 Å². The molecule has 3 atom stereocenters. The van der Waals surface area contributed by atoms with Crippen LogP contribution in [0.15, 0.2) is 48.5 Å². The average Bonchev–Trinajstić information content (AvgIpc) is 2.96. The van der Waals surface area contributed by atoms with Crippen molar-refractivity contribution in [2.45, 2.75) is 130 Å². The SMILES string of the molecule is CCCCCCCN(C(=O)C(CO)NC(=O)OC(C)(C)C)C(C(=O)NC(Cc1ccccc1)C(=O)OC(C)(C)C)c1cc(C)cc(C)c1. The largest absolute Gasteiger partial charge is 0.458 e. The molecule has 10 heteroatoms. The van der Waals surface area contributed by atoms with Gasteiger partial charge in [-0.1, -0.05) is 92.3 Å². The molecule has 0 saturated heterocycles. The molecule has 10 nitrogen and oxygen atoms in total. The molecule has 0 bridgehead atoms. The molecule has 0 aliphatic rings. The maximum atomic E-state index is 14.6. The van der Waals surface area contributed by atoms with Gasteiger partial charge in [0, 0.05) is 13.0 Å². The van der Waals surface area contributed by atoms with E-state index in [9.17, 15) is 24.3 Å². The number of unbranched alkanes of at least 4 members (excludes halogenated alkanes) is 4. The van der Waals surface area contributed by atoms with Gasteiger partial charge in [0.25, 0.3) is 0 Å². The van der Waals surface area contributed by atoms with Gasteiger partial charge in [-0.25, -0.2) is 9.59 Å². The van der Waals surface area contributed by atoms with Crippen LogP contribution in [0.25, 0.3) is 0 Å². The molecular formula is C38H57N3O7. The summed E-state index contributed by atoms with van der Waals surface area (Å²) in [4.78, 5) is 56.5. The lowest BCUT2D eigenvalue weighted by atomic mass is 9.97. The quantitative estimate of drug-likeness (QED) is 0.146. The summed E-state index contributed by atoms with van der Waals surface area (Å²) in [6.07, 6.45) is 3.74. The van der Waals surface area contributed by atoms with Crippen LogP contribution < -0.4 is 10.6 Å². The first kappa shape index (κ1) is 40.3. The number of alkyl carbamates (subject to hydrolysis) is 1. The molecule has 0 spiro atoms. The lowest BCUT2D eigenvalue weighted by molar-refractivity contribution is -0.159. The number of nitrogens with zero attached hydrogens (tertiary/aromatic N) is 1. The van der Waals surface area contributed by atoms with E-state index >= 15 is 0 Å². The van der Waals surface area contributed by atoms with Gasteiger partial charge in [0.2, 0.25) is 11.8 Å². The first-order valence-corrected chi connectivity index (χ1v) is 17.0. The predicted molar refractivity (Wildman–Crippen MR) is 187 cm³/mol. The molecule has 2 aromatic rings. The van der Waals surface area contributed by atoms with E-state index in [0.717, 1.165) is 42.4 Å². The highest BCUT2D eigenvalue weighted by atomic mass is 16.6. The summed E-state index contributed by atoms with van der Waals surface area (Å²) >= 11 is 0. The number of rotatable bonds is 16. The van der Waals surface area contributed by atoms with E-state index in [0.29, 0.717) is 12.0 Å². The van der Waals surface area contributed by atoms with E-state index in [1.54, 1.807) is 41.5 Å². The lowest BCUT2D eigenvalue weighted by Gasteiger charge is -2.35. The van der Waals surface area contributed by atoms with Gasteiger partial charge in [-0.3, -0.25) is 9.59 Å². The van der Waals surface area contributed by atoms with Crippen LogP contribution in [-0.4, -0.2) is 70.3 Å². The van der Waals surface area contributed by atoms with E-state index < -0.39 is 59.8 Å². The van der Waals surface area contributed by atoms with Crippen LogP contribution >= 0.6 is 0 Å². The molecule has 0 saturated carbocycles. The van der Waals surface area contributed by atoms with Crippen molar-refractivity contribution in [3.05, 3.63) is 70.8 Å². The lowest BCUT2D eigenvalue weighted by Crippen LogP contribution is -2.56. The van der Waals surface area contributed by atoms with Crippen LogP contribution in [0.5, 0.6) is 0 Å². The standard InChI is InChI=1S/C38H57N3O7/c1-10-11-12-13-17-20-41(34(44)31(25-42)40-36(46)48-38(7,8)9)32(29-22-26(2)21-27(3)23-29)33(43)39-30(35(45)47-37(4,5)6)24-28-18-15-14-16-19-28/h14-16,18-19,21-23,30-32,42H,10-13,17,20,24-25H2,1-9H3,(H,39,43)(H,40,46). The van der Waals surface area contributed by atoms with Crippen molar-refractivity contribution in [1.82, 2.24) is 15.5 Å². The normalized spacial score (nSPS) is 13.5. The second kappa shape index (κ2) is 18.6. The van der Waals surface area contributed by atoms with E-state index in [2.05, 4.69) is 17.6 Å². The smallest absolute Gasteiger partial charge is 0.408 e. The zero-order valence-electron chi connectivity index (χ0n) is 30.4. The number of aliphatic hydroxyl groups excluding tert-OH is 1. The highest BCUT2D eigenvalue weighted by Gasteiger charge is 2.38. The number of amides is 3. The Bertz CT molecular complexity index is 1330. The van der Waals surface area contributed by atoms with Crippen molar-refractivity contribution in [3.8, 4) is 0 Å². The summed E-state index contributed by atoms with van der Waals surface area (Å²) in [6.45, 7) is 15.8. The average molecular weight is 668 g/mol. The number of carbonyl (C=O) groups is 4. The number of aryl methyl sites for hydroxylation is 2. The van der Waals surface area contributed by atoms with Crippen LogP contribution in [0.2, 0.25) is 0 Å². The van der Waals surface area contributed by atoms with Crippen molar-refractivity contribution in [2.75, 3.05) is 13.2 Å². The molecule has 0 fully saturated rings. The van der Waals surface area contributed by atoms with Gasteiger partial charge in [-0.2, -0.15) is 0 Å². The van der Waals surface area contributed by atoms with Gasteiger partial charge in [-0.15, -0.1) is 0 Å². The maximum absolute atomic E-state index is 14.6. The number of benzene rings is 2. The van der Waals surface area contributed by atoms with E-state index in [-0.39, 0.29) is 13.0 Å². The Morgan fingerprint density at radius 2 is 1.38 bits per heavy atom. The van der Waals surface area contributed by atoms with Gasteiger partial charge < -0.3 is 30.1 Å². The summed E-state index contributed by atoms with van der Waals surface area (Å²) in [7, 11) is 0. The fourth-order valence-corrected chi connectivity index (χ4v) is 5.39. The highest BCUT2D eigenvalue weighted by molar-refractivity contribution is 5.94. The second-order valence-electron chi connectivity index (χ2n) is 14.4. The third-order valence-electron chi connectivity index (χ3n) is 7.37. The molecular weight excluding hydrogens is 610 g/mol. The van der Waals surface area contributed by atoms with Gasteiger partial charge in [-0.05, 0) is 72.9 Å². The summed E-state index contributed by atoms with van der Waals surface area (Å²) in [5, 5.41) is 15.7. The topological polar surface area (TPSA) is 134 Å². The number of esters is 1. The van der Waals surface area contributed by atoms with Gasteiger partial charge in [0.1, 0.15) is 29.3 Å². The first-order chi connectivity index (χ1) is 22.4. The van der Waals surface area contributed by atoms with Crippen LogP contribution in [-0.2, 0) is 30.3 Å². The zero-order chi connectivity index (χ0) is 36.1. The molecule has 0 aromatic heterocycles. The fourth-order valence-electron chi connectivity index (χ4n) is 5.39. The third kappa shape index (κ3) is 14.1. The summed E-state index contributed by atoms with van der Waals surface area (Å²) < 4.78 is 11.1. The second-order valence-corrected chi connectivity index (χ2v) is 14.4. The first-order valence-electron chi connectivity index (χ1n) is 17.0. The van der Waals surface area contributed by atoms with Crippen molar-refractivity contribution in [3.63, 3.8) is 0 Å². The molecule has 0 radical (unpaired) electrons. The van der Waals surface area contributed by atoms with Crippen LogP contribution in [0.4, 0.5) is 4.79 Å². The molecule has 0 aliphatic carbocycles. The molecule has 3 unspecified atom stereocenters. The number of ether oxygens (including phenoxy) is 2. The number of nitrogens with one attached hydrogen (secondary N) is 2. The third-order valence-corrected chi connectivity index (χ3v) is 7.37. The maximum Gasteiger partial charge on any atom is 0.408 e. The van der Waals surface area contributed by atoms with E-state index in [1.165, 1.54) is 4.90 Å². The zero-order valence-corrected chi connectivity index (χ0v) is 30.4. The Kier molecular flexibility index (Phi) is 15.6. The molecule has 0 heterocycles.